The number of aromatic carboxylic acids is 1. The van der Waals surface area contributed by atoms with Crippen LogP contribution in [0.3, 0.4) is 0 Å². The Bertz CT molecular complexity index is 1640. The molecule has 4 N–H and O–H groups in total. The van der Waals surface area contributed by atoms with Crippen molar-refractivity contribution in [2.45, 2.75) is 13.5 Å². The number of ether oxygens (including phenoxy) is 1. The van der Waals surface area contributed by atoms with Gasteiger partial charge in [0.1, 0.15) is 5.75 Å². The van der Waals surface area contributed by atoms with Gasteiger partial charge in [-0.25, -0.2) is 14.6 Å². The average molecular weight is 528 g/mol. The predicted octanol–water partition coefficient (Wildman–Crippen LogP) is 6.40. The number of aromatic nitrogens is 3. The molecule has 0 saturated heterocycles. The lowest BCUT2D eigenvalue weighted by Crippen LogP contribution is -2.28. The highest BCUT2D eigenvalue weighted by Gasteiger charge is 2.14. The number of rotatable bonds is 7. The zero-order chi connectivity index (χ0) is 26.6. The summed E-state index contributed by atoms with van der Waals surface area (Å²) in [5, 5.41) is 15.4. The van der Waals surface area contributed by atoms with Crippen LogP contribution in [-0.4, -0.2) is 32.1 Å². The minimum absolute atomic E-state index is 0.147. The van der Waals surface area contributed by atoms with Gasteiger partial charge in [-0.05, 0) is 48.4 Å². The lowest BCUT2D eigenvalue weighted by atomic mass is 10.1. The maximum atomic E-state index is 12.2. The van der Waals surface area contributed by atoms with Crippen molar-refractivity contribution in [1.29, 1.82) is 0 Å². The van der Waals surface area contributed by atoms with E-state index in [0.717, 1.165) is 11.1 Å². The first-order chi connectivity index (χ1) is 18.4. The number of anilines is 1. The minimum atomic E-state index is -1.04. The lowest BCUT2D eigenvalue weighted by Gasteiger charge is -2.09. The second kappa shape index (κ2) is 10.6. The van der Waals surface area contributed by atoms with Crippen molar-refractivity contribution >= 4 is 40.5 Å². The Morgan fingerprint density at radius 2 is 1.76 bits per heavy atom. The molecular formula is C28H22ClN5O4. The number of hydrogen-bond donors (Lipinski definition) is 4. The summed E-state index contributed by atoms with van der Waals surface area (Å²) in [6.45, 7) is 2.13. The zero-order valence-corrected chi connectivity index (χ0v) is 20.9. The van der Waals surface area contributed by atoms with Gasteiger partial charge in [0.25, 0.3) is 0 Å². The normalized spacial score (nSPS) is 10.8. The maximum Gasteiger partial charge on any atom is 0.336 e. The molecule has 0 atom stereocenters. The van der Waals surface area contributed by atoms with Crippen molar-refractivity contribution in [2.24, 2.45) is 0 Å². The Hall–Kier alpha value is -4.89. The quantitative estimate of drug-likeness (QED) is 0.194. The second-order valence-corrected chi connectivity index (χ2v) is 8.89. The molecule has 5 aromatic rings. The van der Waals surface area contributed by atoms with Crippen LogP contribution in [-0.2, 0) is 6.54 Å². The molecule has 3 aromatic carbocycles. The standard InChI is InChI=1S/C28H22ClN5O4/c1-16-7-12-20(13-21(16)26(35)36)38-28-32-23-14-22(29)24(33-25(23)34-28)18-8-10-19(11-9-18)31-27(37)30-15-17-5-3-2-4-6-17/h2-14H,15H2,1H3,(H,35,36)(H2,30,31,37)(H,32,33,34). The Balaban J connectivity index is 1.29. The summed E-state index contributed by atoms with van der Waals surface area (Å²) in [4.78, 5) is 35.6. The van der Waals surface area contributed by atoms with Crippen LogP contribution >= 0.6 is 11.6 Å². The molecule has 5 rings (SSSR count). The number of benzene rings is 3. The largest absolute Gasteiger partial charge is 0.478 e. The number of amides is 2. The first-order valence-electron chi connectivity index (χ1n) is 11.6. The number of halogens is 1. The number of nitrogens with zero attached hydrogens (tertiary/aromatic N) is 2. The SMILES string of the molecule is Cc1ccc(Oc2nc3nc(-c4ccc(NC(=O)NCc5ccccc5)cc4)c(Cl)cc3[nH]2)cc1C(=O)O. The Morgan fingerprint density at radius 3 is 2.50 bits per heavy atom. The van der Waals surface area contributed by atoms with Gasteiger partial charge in [0.15, 0.2) is 5.65 Å². The Labute approximate surface area is 222 Å². The van der Waals surface area contributed by atoms with E-state index in [4.69, 9.17) is 16.3 Å². The number of carbonyl (C=O) groups is 2. The lowest BCUT2D eigenvalue weighted by molar-refractivity contribution is 0.0695. The maximum absolute atomic E-state index is 12.2. The number of aromatic amines is 1. The van der Waals surface area contributed by atoms with Crippen LogP contribution in [0.2, 0.25) is 5.02 Å². The number of carbonyl (C=O) groups excluding carboxylic acids is 1. The van der Waals surface area contributed by atoms with Crippen LogP contribution in [0.5, 0.6) is 11.8 Å². The van der Waals surface area contributed by atoms with E-state index in [0.29, 0.717) is 45.4 Å². The summed E-state index contributed by atoms with van der Waals surface area (Å²) in [5.74, 6) is -0.709. The van der Waals surface area contributed by atoms with E-state index < -0.39 is 5.97 Å². The summed E-state index contributed by atoms with van der Waals surface area (Å²) in [6, 6.07) is 23.1. The highest BCUT2D eigenvalue weighted by atomic mass is 35.5. The van der Waals surface area contributed by atoms with Crippen molar-refractivity contribution < 1.29 is 19.4 Å². The summed E-state index contributed by atoms with van der Waals surface area (Å²) < 4.78 is 5.74. The number of pyridine rings is 1. The van der Waals surface area contributed by atoms with Crippen molar-refractivity contribution in [2.75, 3.05) is 5.32 Å². The first-order valence-corrected chi connectivity index (χ1v) is 12.0. The van der Waals surface area contributed by atoms with Crippen molar-refractivity contribution in [3.8, 4) is 23.0 Å². The number of hydrogen-bond acceptors (Lipinski definition) is 5. The summed E-state index contributed by atoms with van der Waals surface area (Å²) in [6.07, 6.45) is 0. The van der Waals surface area contributed by atoms with Gasteiger partial charge >= 0.3 is 18.0 Å². The third-order valence-corrected chi connectivity index (χ3v) is 6.06. The fraction of sp³-hybridized carbons (Fsp3) is 0.0714. The van der Waals surface area contributed by atoms with E-state index in [9.17, 15) is 14.7 Å². The number of nitrogens with one attached hydrogen (secondary N) is 3. The number of carboxylic acids is 1. The van der Waals surface area contributed by atoms with Crippen LogP contribution < -0.4 is 15.4 Å². The molecule has 0 aliphatic heterocycles. The van der Waals surface area contributed by atoms with Gasteiger partial charge in [-0.15, -0.1) is 0 Å². The molecular weight excluding hydrogens is 506 g/mol. The molecule has 0 saturated carbocycles. The van der Waals surface area contributed by atoms with E-state index in [2.05, 4.69) is 25.6 Å². The van der Waals surface area contributed by atoms with Crippen molar-refractivity contribution in [3.05, 3.63) is 101 Å². The average Bonchev–Trinajstić information content (AvgIpc) is 3.30. The molecule has 0 bridgehead atoms. The topological polar surface area (TPSA) is 129 Å². The molecule has 0 spiro atoms. The predicted molar refractivity (Wildman–Crippen MR) is 145 cm³/mol. The molecule has 0 radical (unpaired) electrons. The fourth-order valence-electron chi connectivity index (χ4n) is 3.82. The van der Waals surface area contributed by atoms with Gasteiger partial charge in [0.2, 0.25) is 0 Å². The van der Waals surface area contributed by atoms with Crippen LogP contribution in [0.1, 0.15) is 21.5 Å². The fourth-order valence-corrected chi connectivity index (χ4v) is 4.08. The third-order valence-electron chi connectivity index (χ3n) is 5.77. The molecule has 2 amide bonds. The summed E-state index contributed by atoms with van der Waals surface area (Å²) >= 11 is 6.51. The molecule has 9 nitrogen and oxygen atoms in total. The van der Waals surface area contributed by atoms with Gasteiger partial charge in [0, 0.05) is 17.8 Å². The van der Waals surface area contributed by atoms with E-state index in [1.165, 1.54) is 6.07 Å². The van der Waals surface area contributed by atoms with Gasteiger partial charge in [-0.1, -0.05) is 60.1 Å². The van der Waals surface area contributed by atoms with Crippen LogP contribution in [0.15, 0.2) is 78.9 Å². The third kappa shape index (κ3) is 5.58. The molecule has 38 heavy (non-hydrogen) atoms. The molecule has 2 aromatic heterocycles. The van der Waals surface area contributed by atoms with E-state index in [1.54, 1.807) is 49.4 Å². The Kier molecular flexibility index (Phi) is 6.92. The zero-order valence-electron chi connectivity index (χ0n) is 20.2. The molecule has 0 aliphatic carbocycles. The first kappa shape index (κ1) is 24.8. The molecule has 10 heteroatoms. The number of urea groups is 1. The molecule has 0 aliphatic rings. The number of fused-ring (bicyclic) bond motifs is 1. The van der Waals surface area contributed by atoms with Gasteiger partial charge in [0.05, 0.1) is 21.8 Å². The minimum Gasteiger partial charge on any atom is -0.478 e. The number of aryl methyl sites for hydroxylation is 1. The van der Waals surface area contributed by atoms with E-state index in [-0.39, 0.29) is 17.6 Å². The smallest absolute Gasteiger partial charge is 0.336 e. The van der Waals surface area contributed by atoms with Crippen molar-refractivity contribution in [1.82, 2.24) is 20.3 Å². The highest BCUT2D eigenvalue weighted by molar-refractivity contribution is 6.33. The van der Waals surface area contributed by atoms with Gasteiger partial charge in [-0.3, -0.25) is 0 Å². The summed E-state index contributed by atoms with van der Waals surface area (Å²) in [7, 11) is 0. The van der Waals surface area contributed by atoms with Crippen LogP contribution in [0, 0.1) is 6.92 Å². The monoisotopic (exact) mass is 527 g/mol. The number of imidazole rings is 1. The second-order valence-electron chi connectivity index (χ2n) is 8.49. The number of H-pyrrole nitrogens is 1. The molecule has 2 heterocycles. The molecule has 190 valence electrons. The van der Waals surface area contributed by atoms with E-state index >= 15 is 0 Å². The van der Waals surface area contributed by atoms with Gasteiger partial charge < -0.3 is 25.5 Å². The highest BCUT2D eigenvalue weighted by Crippen LogP contribution is 2.31. The van der Waals surface area contributed by atoms with Crippen molar-refractivity contribution in [3.63, 3.8) is 0 Å². The van der Waals surface area contributed by atoms with E-state index in [1.807, 2.05) is 30.3 Å². The van der Waals surface area contributed by atoms with Gasteiger partial charge in [-0.2, -0.15) is 4.98 Å². The molecule has 0 unspecified atom stereocenters. The van der Waals surface area contributed by atoms with Crippen LogP contribution in [0.25, 0.3) is 22.4 Å². The Morgan fingerprint density at radius 1 is 1.00 bits per heavy atom. The summed E-state index contributed by atoms with van der Waals surface area (Å²) in [5.41, 5.74) is 4.59. The number of carboxylic acid groups (broad SMARTS) is 1. The molecule has 0 fully saturated rings. The van der Waals surface area contributed by atoms with Crippen LogP contribution in [0.4, 0.5) is 10.5 Å².